The summed E-state index contributed by atoms with van der Waals surface area (Å²) in [5.41, 5.74) is 3.41. The van der Waals surface area contributed by atoms with Crippen LogP contribution >= 0.6 is 0 Å². The van der Waals surface area contributed by atoms with Crippen LogP contribution in [-0.4, -0.2) is 35.9 Å². The number of nitrogens with zero attached hydrogens (tertiary/aromatic N) is 3. The number of hydrogen-bond donors (Lipinski definition) is 1. The molecule has 9 heteroatoms. The highest BCUT2D eigenvalue weighted by Crippen LogP contribution is 2.25. The molecule has 2 heterocycles. The van der Waals surface area contributed by atoms with Gasteiger partial charge in [0.2, 0.25) is 0 Å². The Labute approximate surface area is 179 Å². The second kappa shape index (κ2) is 7.59. The highest BCUT2D eigenvalue weighted by atomic mass is 32.2. The van der Waals surface area contributed by atoms with E-state index in [2.05, 4.69) is 10.3 Å². The quantitative estimate of drug-likeness (QED) is 0.514. The van der Waals surface area contributed by atoms with E-state index in [0.717, 1.165) is 11.3 Å². The molecule has 0 saturated heterocycles. The molecule has 31 heavy (non-hydrogen) atoms. The lowest BCUT2D eigenvalue weighted by molar-refractivity contribution is 0.414. The molecule has 160 valence electrons. The van der Waals surface area contributed by atoms with Crippen molar-refractivity contribution in [1.29, 1.82) is 0 Å². The number of ether oxygens (including phenoxy) is 1. The Kier molecular flexibility index (Phi) is 5.06. The van der Waals surface area contributed by atoms with Crippen LogP contribution < -0.4 is 15.7 Å². The van der Waals surface area contributed by atoms with Crippen molar-refractivity contribution in [2.45, 2.75) is 11.8 Å². The fraction of sp³-hybridized carbons (Fsp3) is 0.182. The maximum atomic E-state index is 12.9. The summed E-state index contributed by atoms with van der Waals surface area (Å²) in [4.78, 5) is 17.6. The number of imidazole rings is 1. The van der Waals surface area contributed by atoms with Crippen LogP contribution in [0, 0.1) is 6.92 Å². The molecule has 0 aliphatic heterocycles. The van der Waals surface area contributed by atoms with Gasteiger partial charge in [-0.15, -0.1) is 0 Å². The minimum Gasteiger partial charge on any atom is -0.497 e. The number of sulfone groups is 1. The molecule has 0 amide bonds. The van der Waals surface area contributed by atoms with E-state index >= 15 is 0 Å². The second-order valence-corrected chi connectivity index (χ2v) is 9.32. The summed E-state index contributed by atoms with van der Waals surface area (Å²) in [6.45, 7) is 1.82. The van der Waals surface area contributed by atoms with E-state index in [9.17, 15) is 13.2 Å². The van der Waals surface area contributed by atoms with Crippen LogP contribution in [0.3, 0.4) is 0 Å². The number of pyridine rings is 1. The van der Waals surface area contributed by atoms with E-state index in [0.29, 0.717) is 28.3 Å². The summed E-state index contributed by atoms with van der Waals surface area (Å²) in [6.07, 6.45) is 2.82. The van der Waals surface area contributed by atoms with Gasteiger partial charge in [-0.1, -0.05) is 0 Å². The number of nitrogens with one attached hydrogen (secondary N) is 1. The second-order valence-electron chi connectivity index (χ2n) is 7.31. The first-order chi connectivity index (χ1) is 14.7. The first-order valence-corrected chi connectivity index (χ1v) is 11.4. The first kappa shape index (κ1) is 20.7. The molecule has 0 unspecified atom stereocenters. The van der Waals surface area contributed by atoms with E-state index in [1.165, 1.54) is 6.26 Å². The van der Waals surface area contributed by atoms with E-state index in [4.69, 9.17) is 4.74 Å². The Morgan fingerprint density at radius 1 is 1.03 bits per heavy atom. The van der Waals surface area contributed by atoms with Gasteiger partial charge < -0.3 is 10.1 Å². The fourth-order valence-corrected chi connectivity index (χ4v) is 4.13. The minimum absolute atomic E-state index is 0.187. The monoisotopic (exact) mass is 438 g/mol. The third-order valence-corrected chi connectivity index (χ3v) is 6.27. The first-order valence-electron chi connectivity index (χ1n) is 9.48. The Morgan fingerprint density at radius 3 is 2.35 bits per heavy atom. The van der Waals surface area contributed by atoms with Gasteiger partial charge in [0, 0.05) is 25.1 Å². The van der Waals surface area contributed by atoms with Crippen LogP contribution in [-0.2, 0) is 16.9 Å². The Bertz CT molecular complexity index is 1450. The van der Waals surface area contributed by atoms with Crippen LogP contribution in [0.1, 0.15) is 5.56 Å². The van der Waals surface area contributed by atoms with Gasteiger partial charge in [-0.2, -0.15) is 0 Å². The highest BCUT2D eigenvalue weighted by molar-refractivity contribution is 7.90. The van der Waals surface area contributed by atoms with Crippen LogP contribution in [0.25, 0.3) is 16.7 Å². The maximum Gasteiger partial charge on any atom is 0.333 e. The van der Waals surface area contributed by atoms with Crippen LogP contribution in [0.15, 0.2) is 64.4 Å². The normalized spacial score (nSPS) is 11.6. The average molecular weight is 439 g/mol. The summed E-state index contributed by atoms with van der Waals surface area (Å²) in [6, 6.07) is 13.9. The lowest BCUT2D eigenvalue weighted by Gasteiger charge is -2.11. The van der Waals surface area contributed by atoms with Crippen molar-refractivity contribution in [3.8, 4) is 11.4 Å². The molecule has 0 radical (unpaired) electrons. The molecular formula is C22H22N4O4S. The molecule has 4 aromatic rings. The van der Waals surface area contributed by atoms with Crippen molar-refractivity contribution in [3.63, 3.8) is 0 Å². The van der Waals surface area contributed by atoms with Gasteiger partial charge in [0.05, 0.1) is 34.9 Å². The number of aryl methyl sites for hydroxylation is 2. The predicted molar refractivity (Wildman–Crippen MR) is 120 cm³/mol. The zero-order valence-electron chi connectivity index (χ0n) is 17.6. The van der Waals surface area contributed by atoms with E-state index in [1.807, 2.05) is 19.1 Å². The summed E-state index contributed by atoms with van der Waals surface area (Å²) in [7, 11) is 0.0121. The van der Waals surface area contributed by atoms with Gasteiger partial charge in [-0.3, -0.25) is 9.13 Å². The van der Waals surface area contributed by atoms with Crippen molar-refractivity contribution in [2.24, 2.45) is 7.05 Å². The number of aromatic nitrogens is 3. The van der Waals surface area contributed by atoms with E-state index in [1.54, 1.807) is 65.9 Å². The third kappa shape index (κ3) is 3.79. The largest absolute Gasteiger partial charge is 0.497 e. The lowest BCUT2D eigenvalue weighted by atomic mass is 10.2. The number of benzene rings is 2. The number of anilines is 2. The van der Waals surface area contributed by atoms with Gasteiger partial charge in [-0.25, -0.2) is 18.2 Å². The fourth-order valence-electron chi connectivity index (χ4n) is 3.43. The minimum atomic E-state index is -3.28. The third-order valence-electron chi connectivity index (χ3n) is 5.16. The molecule has 8 nitrogen and oxygen atoms in total. The molecular weight excluding hydrogens is 416 g/mol. The van der Waals surface area contributed by atoms with E-state index < -0.39 is 9.84 Å². The van der Waals surface area contributed by atoms with E-state index in [-0.39, 0.29) is 10.6 Å². The van der Waals surface area contributed by atoms with Crippen molar-refractivity contribution in [2.75, 3.05) is 18.7 Å². The molecule has 0 atom stereocenters. The van der Waals surface area contributed by atoms with Crippen LogP contribution in [0.4, 0.5) is 11.5 Å². The summed E-state index contributed by atoms with van der Waals surface area (Å²) in [5.74, 6) is 1.24. The van der Waals surface area contributed by atoms with Gasteiger partial charge in [0.25, 0.3) is 0 Å². The zero-order valence-corrected chi connectivity index (χ0v) is 18.4. The zero-order chi connectivity index (χ0) is 22.3. The number of methoxy groups -OCH3 is 1. The number of rotatable bonds is 5. The van der Waals surface area contributed by atoms with Gasteiger partial charge >= 0.3 is 5.69 Å². The molecule has 2 aromatic heterocycles. The highest BCUT2D eigenvalue weighted by Gasteiger charge is 2.15. The average Bonchev–Trinajstić information content (AvgIpc) is 2.98. The summed E-state index contributed by atoms with van der Waals surface area (Å²) >= 11 is 0. The lowest BCUT2D eigenvalue weighted by Crippen LogP contribution is -2.20. The van der Waals surface area contributed by atoms with Gasteiger partial charge in [-0.05, 0) is 55.0 Å². The molecule has 0 spiro atoms. The molecule has 0 fully saturated rings. The molecule has 0 saturated carbocycles. The number of fused-ring (bicyclic) bond motifs is 1. The molecule has 4 rings (SSSR count). The summed E-state index contributed by atoms with van der Waals surface area (Å²) < 4.78 is 31.9. The van der Waals surface area contributed by atoms with Crippen molar-refractivity contribution in [3.05, 3.63) is 70.8 Å². The van der Waals surface area contributed by atoms with Crippen LogP contribution in [0.2, 0.25) is 0 Å². The predicted octanol–water partition coefficient (Wildman–Crippen LogP) is 3.19. The van der Waals surface area contributed by atoms with Crippen molar-refractivity contribution >= 4 is 32.4 Å². The maximum absolute atomic E-state index is 12.9. The number of hydrogen-bond acceptors (Lipinski definition) is 6. The van der Waals surface area contributed by atoms with Gasteiger partial charge in [0.1, 0.15) is 11.6 Å². The topological polar surface area (TPSA) is 95.2 Å². The van der Waals surface area contributed by atoms with Crippen molar-refractivity contribution < 1.29 is 13.2 Å². The Hall–Kier alpha value is -3.59. The molecule has 0 aliphatic rings. The molecule has 0 bridgehead atoms. The smallest absolute Gasteiger partial charge is 0.333 e. The standard InChI is InChI=1S/C22H22N4O4S/c1-14-11-17(31(4,28)29)9-10-18(14)24-21-12-19-20(13-23-21)25(2)22(27)26(19)15-5-7-16(30-3)8-6-15/h5-13H,1-4H3,(H,23,24). The SMILES string of the molecule is COc1ccc(-n2c(=O)n(C)c3cnc(Nc4ccc(S(C)(=O)=O)cc4C)cc32)cc1. The molecule has 1 N–H and O–H groups in total. The Morgan fingerprint density at radius 2 is 1.74 bits per heavy atom. The summed E-state index contributed by atoms with van der Waals surface area (Å²) in [5, 5.41) is 3.22. The van der Waals surface area contributed by atoms with Crippen molar-refractivity contribution in [1.82, 2.24) is 14.1 Å². The molecule has 0 aliphatic carbocycles. The van der Waals surface area contributed by atoms with Gasteiger partial charge in [0.15, 0.2) is 9.84 Å². The van der Waals surface area contributed by atoms with Crippen LogP contribution in [0.5, 0.6) is 5.75 Å². The Balaban J connectivity index is 1.78. The molecule has 2 aromatic carbocycles.